The number of carbonyl (C=O) groups excluding carboxylic acids is 1. The van der Waals surface area contributed by atoms with Gasteiger partial charge in [-0.3, -0.25) is 4.79 Å². The number of carbonyl (C=O) groups is 1. The molecule has 1 aromatic rings. The van der Waals surface area contributed by atoms with Gasteiger partial charge in [-0.05, 0) is 59.3 Å². The number of methoxy groups -OCH3 is 1. The molecule has 0 radical (unpaired) electrons. The molecule has 4 heteroatoms. The smallest absolute Gasteiger partial charge is 0.166 e. The molecule has 0 heterocycles. The number of benzene rings is 1. The molecule has 1 aliphatic rings. The summed E-state index contributed by atoms with van der Waals surface area (Å²) in [6, 6.07) is 5.74. The molecule has 1 aromatic carbocycles. The number of hydrogen-bond donors (Lipinski definition) is 0. The summed E-state index contributed by atoms with van der Waals surface area (Å²) >= 11 is 3.44. The van der Waals surface area contributed by atoms with Crippen LogP contribution in [0.2, 0.25) is 0 Å². The van der Waals surface area contributed by atoms with E-state index >= 15 is 0 Å². The fraction of sp³-hybridized carbons (Fsp3) is 0.533. The van der Waals surface area contributed by atoms with E-state index in [4.69, 9.17) is 9.47 Å². The standard InChI is InChI=1S/C15H19BrO3/c1-3-19-15(11-5-6-11)13(17)9-10-4-7-14(18-2)12(16)8-10/h4,7-8,11,15H,3,5-6,9H2,1-2H3. The van der Waals surface area contributed by atoms with E-state index in [2.05, 4.69) is 15.9 Å². The zero-order chi connectivity index (χ0) is 13.8. The van der Waals surface area contributed by atoms with Gasteiger partial charge in [0.25, 0.3) is 0 Å². The molecule has 0 saturated heterocycles. The summed E-state index contributed by atoms with van der Waals surface area (Å²) in [6.45, 7) is 2.53. The first-order valence-corrected chi connectivity index (χ1v) is 7.41. The molecule has 1 atom stereocenters. The Morgan fingerprint density at radius 1 is 1.47 bits per heavy atom. The molecule has 2 rings (SSSR count). The van der Waals surface area contributed by atoms with E-state index in [1.807, 2.05) is 25.1 Å². The van der Waals surface area contributed by atoms with Gasteiger partial charge in [-0.15, -0.1) is 0 Å². The van der Waals surface area contributed by atoms with Crippen molar-refractivity contribution < 1.29 is 14.3 Å². The predicted octanol–water partition coefficient (Wildman–Crippen LogP) is 3.38. The number of Topliss-reactive ketones (excluding diaryl/α,β-unsaturated/α-hetero) is 1. The summed E-state index contributed by atoms with van der Waals surface area (Å²) in [7, 11) is 1.63. The second kappa shape index (κ2) is 6.53. The first kappa shape index (κ1) is 14.5. The van der Waals surface area contributed by atoms with Crippen molar-refractivity contribution >= 4 is 21.7 Å². The van der Waals surface area contributed by atoms with Gasteiger partial charge in [0.2, 0.25) is 0 Å². The highest BCUT2D eigenvalue weighted by Gasteiger charge is 2.36. The normalized spacial score (nSPS) is 16.2. The minimum atomic E-state index is -0.217. The van der Waals surface area contributed by atoms with Gasteiger partial charge in [0.15, 0.2) is 5.78 Å². The number of hydrogen-bond acceptors (Lipinski definition) is 3. The Morgan fingerprint density at radius 3 is 2.74 bits per heavy atom. The summed E-state index contributed by atoms with van der Waals surface area (Å²) in [6.07, 6.45) is 2.43. The van der Waals surface area contributed by atoms with E-state index < -0.39 is 0 Å². The van der Waals surface area contributed by atoms with Crippen molar-refractivity contribution in [3.05, 3.63) is 28.2 Å². The highest BCUT2D eigenvalue weighted by molar-refractivity contribution is 9.10. The van der Waals surface area contributed by atoms with Gasteiger partial charge in [-0.25, -0.2) is 0 Å². The van der Waals surface area contributed by atoms with Crippen LogP contribution in [0.25, 0.3) is 0 Å². The lowest BCUT2D eigenvalue weighted by Crippen LogP contribution is -2.28. The van der Waals surface area contributed by atoms with Crippen LogP contribution in [0.4, 0.5) is 0 Å². The summed E-state index contributed by atoms with van der Waals surface area (Å²) in [5.74, 6) is 1.40. The maximum absolute atomic E-state index is 12.3. The van der Waals surface area contributed by atoms with E-state index in [-0.39, 0.29) is 11.9 Å². The van der Waals surface area contributed by atoms with Gasteiger partial charge < -0.3 is 9.47 Å². The number of rotatable bonds is 7. The maximum atomic E-state index is 12.3. The third kappa shape index (κ3) is 3.80. The molecule has 104 valence electrons. The van der Waals surface area contributed by atoms with Crippen LogP contribution < -0.4 is 4.74 Å². The molecule has 0 aromatic heterocycles. The molecule has 3 nitrogen and oxygen atoms in total. The monoisotopic (exact) mass is 326 g/mol. The van der Waals surface area contributed by atoms with E-state index in [1.54, 1.807) is 7.11 Å². The van der Waals surface area contributed by atoms with Gasteiger partial charge in [-0.2, -0.15) is 0 Å². The van der Waals surface area contributed by atoms with Crippen LogP contribution in [0, 0.1) is 5.92 Å². The summed E-state index contributed by atoms with van der Waals surface area (Å²) < 4.78 is 11.6. The Morgan fingerprint density at radius 2 is 2.21 bits per heavy atom. The van der Waals surface area contributed by atoms with Crippen LogP contribution in [0.1, 0.15) is 25.3 Å². The number of halogens is 1. The predicted molar refractivity (Wildman–Crippen MR) is 77.5 cm³/mol. The zero-order valence-electron chi connectivity index (χ0n) is 11.3. The van der Waals surface area contributed by atoms with E-state index in [0.29, 0.717) is 18.9 Å². The molecule has 0 N–H and O–H groups in total. The largest absolute Gasteiger partial charge is 0.496 e. The lowest BCUT2D eigenvalue weighted by molar-refractivity contribution is -0.130. The van der Waals surface area contributed by atoms with Crippen LogP contribution in [-0.4, -0.2) is 25.6 Å². The van der Waals surface area contributed by atoms with Gasteiger partial charge in [-0.1, -0.05) is 6.07 Å². The summed E-state index contributed by atoms with van der Waals surface area (Å²) in [5.41, 5.74) is 0.989. The Bertz CT molecular complexity index is 455. The third-order valence-corrected chi connectivity index (χ3v) is 3.93. The van der Waals surface area contributed by atoms with Gasteiger partial charge in [0.1, 0.15) is 11.9 Å². The Kier molecular flexibility index (Phi) is 4.99. The summed E-state index contributed by atoms with van der Waals surface area (Å²) in [5, 5.41) is 0. The van der Waals surface area contributed by atoms with E-state index in [0.717, 1.165) is 28.6 Å². The van der Waals surface area contributed by atoms with Gasteiger partial charge in [0.05, 0.1) is 11.6 Å². The highest BCUT2D eigenvalue weighted by atomic mass is 79.9. The molecule has 1 fully saturated rings. The topological polar surface area (TPSA) is 35.5 Å². The van der Waals surface area contributed by atoms with Crippen molar-refractivity contribution in [2.75, 3.05) is 13.7 Å². The molecule has 0 spiro atoms. The van der Waals surface area contributed by atoms with Crippen molar-refractivity contribution in [2.45, 2.75) is 32.3 Å². The number of ether oxygens (including phenoxy) is 2. The third-order valence-electron chi connectivity index (χ3n) is 3.31. The molecule has 1 saturated carbocycles. The van der Waals surface area contributed by atoms with Crippen molar-refractivity contribution in [1.29, 1.82) is 0 Å². The fourth-order valence-electron chi connectivity index (χ4n) is 2.19. The minimum absolute atomic E-state index is 0.182. The first-order valence-electron chi connectivity index (χ1n) is 6.62. The van der Waals surface area contributed by atoms with Crippen LogP contribution in [0.15, 0.2) is 22.7 Å². The second-order valence-electron chi connectivity index (χ2n) is 4.83. The van der Waals surface area contributed by atoms with Gasteiger partial charge in [0, 0.05) is 13.0 Å². The minimum Gasteiger partial charge on any atom is -0.496 e. The lowest BCUT2D eigenvalue weighted by atomic mass is 10.0. The maximum Gasteiger partial charge on any atom is 0.166 e. The van der Waals surface area contributed by atoms with E-state index in [9.17, 15) is 4.79 Å². The Hall–Kier alpha value is -0.870. The van der Waals surface area contributed by atoms with Crippen molar-refractivity contribution in [2.24, 2.45) is 5.92 Å². The zero-order valence-corrected chi connectivity index (χ0v) is 12.9. The average molecular weight is 327 g/mol. The van der Waals surface area contributed by atoms with Crippen LogP contribution in [-0.2, 0) is 16.0 Å². The summed E-state index contributed by atoms with van der Waals surface area (Å²) in [4.78, 5) is 12.3. The Balaban J connectivity index is 2.03. The van der Waals surface area contributed by atoms with Crippen LogP contribution >= 0.6 is 15.9 Å². The fourth-order valence-corrected chi connectivity index (χ4v) is 2.78. The molecule has 19 heavy (non-hydrogen) atoms. The molecule has 0 bridgehead atoms. The van der Waals surface area contributed by atoms with Gasteiger partial charge >= 0.3 is 0 Å². The first-order chi connectivity index (χ1) is 9.15. The van der Waals surface area contributed by atoms with Crippen molar-refractivity contribution in [3.8, 4) is 5.75 Å². The average Bonchev–Trinajstić information content (AvgIpc) is 3.20. The molecule has 0 amide bonds. The van der Waals surface area contributed by atoms with Crippen molar-refractivity contribution in [3.63, 3.8) is 0 Å². The molecule has 1 unspecified atom stereocenters. The van der Waals surface area contributed by atoms with E-state index in [1.165, 1.54) is 0 Å². The lowest BCUT2D eigenvalue weighted by Gasteiger charge is -2.15. The highest BCUT2D eigenvalue weighted by Crippen LogP contribution is 2.35. The molecule has 0 aliphatic heterocycles. The molecular weight excluding hydrogens is 308 g/mol. The van der Waals surface area contributed by atoms with Crippen LogP contribution in [0.3, 0.4) is 0 Å². The quantitative estimate of drug-likeness (QED) is 0.770. The molecular formula is C15H19BrO3. The Labute approximate surface area is 122 Å². The SMILES string of the molecule is CCOC(C(=O)Cc1ccc(OC)c(Br)c1)C1CC1. The number of ketones is 1. The molecule has 1 aliphatic carbocycles. The van der Waals surface area contributed by atoms with Crippen LogP contribution in [0.5, 0.6) is 5.75 Å². The van der Waals surface area contributed by atoms with Crippen molar-refractivity contribution in [1.82, 2.24) is 0 Å². The second-order valence-corrected chi connectivity index (χ2v) is 5.68.